The van der Waals surface area contributed by atoms with Crippen molar-refractivity contribution < 1.29 is 14.2 Å². The highest BCUT2D eigenvalue weighted by Gasteiger charge is 2.06. The highest BCUT2D eigenvalue weighted by molar-refractivity contribution is 5.83. The SMILES string of the molecule is COc1ccc(CCN)c(OCCOc2ccc3ccccc3c2)c1. The first-order valence-corrected chi connectivity index (χ1v) is 8.41. The van der Waals surface area contributed by atoms with Gasteiger partial charge in [-0.05, 0) is 47.5 Å². The van der Waals surface area contributed by atoms with Crippen LogP contribution in [0.15, 0.2) is 60.7 Å². The van der Waals surface area contributed by atoms with Crippen LogP contribution in [0.4, 0.5) is 0 Å². The molecule has 0 aromatic heterocycles. The lowest BCUT2D eigenvalue weighted by Gasteiger charge is -2.13. The zero-order chi connectivity index (χ0) is 17.5. The summed E-state index contributed by atoms with van der Waals surface area (Å²) in [6, 6.07) is 20.1. The van der Waals surface area contributed by atoms with Gasteiger partial charge in [-0.15, -0.1) is 0 Å². The maximum absolute atomic E-state index is 5.88. The standard InChI is InChI=1S/C21H23NO3/c1-23-19-8-7-17(10-11-22)21(15-19)25-13-12-24-20-9-6-16-4-2-3-5-18(16)14-20/h2-9,14-15H,10-13,22H2,1H3. The number of nitrogens with two attached hydrogens (primary N) is 1. The lowest BCUT2D eigenvalue weighted by molar-refractivity contribution is 0.215. The number of methoxy groups -OCH3 is 1. The molecule has 0 amide bonds. The van der Waals surface area contributed by atoms with Crippen molar-refractivity contribution in [2.45, 2.75) is 6.42 Å². The molecule has 0 unspecified atom stereocenters. The fourth-order valence-electron chi connectivity index (χ4n) is 2.73. The van der Waals surface area contributed by atoms with Crippen LogP contribution in [-0.4, -0.2) is 26.9 Å². The van der Waals surface area contributed by atoms with E-state index in [0.717, 1.165) is 29.2 Å². The molecule has 3 rings (SSSR count). The van der Waals surface area contributed by atoms with Gasteiger partial charge in [0.1, 0.15) is 30.5 Å². The van der Waals surface area contributed by atoms with Crippen molar-refractivity contribution in [3.05, 3.63) is 66.2 Å². The Morgan fingerprint density at radius 2 is 1.56 bits per heavy atom. The fourth-order valence-corrected chi connectivity index (χ4v) is 2.73. The normalized spacial score (nSPS) is 10.6. The smallest absolute Gasteiger partial charge is 0.126 e. The second-order valence-corrected chi connectivity index (χ2v) is 5.72. The minimum atomic E-state index is 0.456. The number of hydrogen-bond donors (Lipinski definition) is 1. The van der Waals surface area contributed by atoms with Gasteiger partial charge in [0.25, 0.3) is 0 Å². The highest BCUT2D eigenvalue weighted by Crippen LogP contribution is 2.25. The van der Waals surface area contributed by atoms with E-state index in [4.69, 9.17) is 19.9 Å². The molecule has 4 heteroatoms. The van der Waals surface area contributed by atoms with E-state index in [1.807, 2.05) is 42.5 Å². The van der Waals surface area contributed by atoms with Crippen molar-refractivity contribution >= 4 is 10.8 Å². The second-order valence-electron chi connectivity index (χ2n) is 5.72. The van der Waals surface area contributed by atoms with Crippen molar-refractivity contribution in [1.29, 1.82) is 0 Å². The molecule has 0 saturated heterocycles. The highest BCUT2D eigenvalue weighted by atomic mass is 16.5. The molecule has 0 aliphatic carbocycles. The van der Waals surface area contributed by atoms with Gasteiger partial charge in [-0.3, -0.25) is 0 Å². The van der Waals surface area contributed by atoms with Gasteiger partial charge in [0.2, 0.25) is 0 Å². The molecule has 0 aliphatic heterocycles. The molecule has 0 aliphatic rings. The first-order valence-electron chi connectivity index (χ1n) is 8.41. The van der Waals surface area contributed by atoms with Crippen LogP contribution in [0, 0.1) is 0 Å². The van der Waals surface area contributed by atoms with Gasteiger partial charge in [-0.2, -0.15) is 0 Å². The van der Waals surface area contributed by atoms with Crippen LogP contribution in [0.1, 0.15) is 5.56 Å². The molecule has 4 nitrogen and oxygen atoms in total. The number of fused-ring (bicyclic) bond motifs is 1. The van der Waals surface area contributed by atoms with Gasteiger partial charge < -0.3 is 19.9 Å². The van der Waals surface area contributed by atoms with Gasteiger partial charge >= 0.3 is 0 Å². The van der Waals surface area contributed by atoms with Gasteiger partial charge in [-0.25, -0.2) is 0 Å². The minimum Gasteiger partial charge on any atom is -0.497 e. The Labute approximate surface area is 148 Å². The lowest BCUT2D eigenvalue weighted by atomic mass is 10.1. The molecule has 0 fully saturated rings. The Morgan fingerprint density at radius 1 is 0.800 bits per heavy atom. The molecule has 0 saturated carbocycles. The van der Waals surface area contributed by atoms with Gasteiger partial charge in [-0.1, -0.05) is 36.4 Å². The monoisotopic (exact) mass is 337 g/mol. The Balaban J connectivity index is 1.58. The quantitative estimate of drug-likeness (QED) is 0.635. The van der Waals surface area contributed by atoms with E-state index >= 15 is 0 Å². The van der Waals surface area contributed by atoms with Gasteiger partial charge in [0.15, 0.2) is 0 Å². The fraction of sp³-hybridized carbons (Fsp3) is 0.238. The second kappa shape index (κ2) is 8.40. The Morgan fingerprint density at radius 3 is 2.36 bits per heavy atom. The Kier molecular flexibility index (Phi) is 5.75. The number of rotatable bonds is 8. The number of benzene rings is 3. The molecular formula is C21H23NO3. The molecule has 0 radical (unpaired) electrons. The summed E-state index contributed by atoms with van der Waals surface area (Å²) in [6.45, 7) is 1.51. The topological polar surface area (TPSA) is 53.7 Å². The molecule has 3 aromatic carbocycles. The average molecular weight is 337 g/mol. The zero-order valence-corrected chi connectivity index (χ0v) is 14.4. The third-order valence-corrected chi connectivity index (χ3v) is 4.02. The predicted molar refractivity (Wildman–Crippen MR) is 101 cm³/mol. The molecule has 2 N–H and O–H groups in total. The maximum Gasteiger partial charge on any atom is 0.126 e. The largest absolute Gasteiger partial charge is 0.497 e. The first-order chi connectivity index (χ1) is 12.3. The van der Waals surface area contributed by atoms with E-state index in [9.17, 15) is 0 Å². The number of hydrogen-bond acceptors (Lipinski definition) is 4. The van der Waals surface area contributed by atoms with E-state index in [0.29, 0.717) is 19.8 Å². The molecule has 0 bridgehead atoms. The Hall–Kier alpha value is -2.72. The van der Waals surface area contributed by atoms with Crippen molar-refractivity contribution in [1.82, 2.24) is 0 Å². The zero-order valence-electron chi connectivity index (χ0n) is 14.4. The van der Waals surface area contributed by atoms with Crippen LogP contribution in [-0.2, 0) is 6.42 Å². The summed E-state index contributed by atoms with van der Waals surface area (Å²) in [4.78, 5) is 0. The van der Waals surface area contributed by atoms with Crippen LogP contribution < -0.4 is 19.9 Å². The molecule has 130 valence electrons. The Bertz CT molecular complexity index is 832. The van der Waals surface area contributed by atoms with E-state index in [2.05, 4.69) is 18.2 Å². The summed E-state index contributed by atoms with van der Waals surface area (Å²) in [7, 11) is 1.64. The predicted octanol–water partition coefficient (Wildman–Crippen LogP) is 3.81. The third kappa shape index (κ3) is 4.43. The van der Waals surface area contributed by atoms with Crippen LogP contribution >= 0.6 is 0 Å². The number of ether oxygens (including phenoxy) is 3. The molecule has 25 heavy (non-hydrogen) atoms. The lowest BCUT2D eigenvalue weighted by Crippen LogP contribution is -2.11. The van der Waals surface area contributed by atoms with Crippen molar-refractivity contribution in [2.24, 2.45) is 5.73 Å². The summed E-state index contributed by atoms with van der Waals surface area (Å²) in [5.74, 6) is 2.41. The van der Waals surface area contributed by atoms with Crippen LogP contribution in [0.25, 0.3) is 10.8 Å². The van der Waals surface area contributed by atoms with Gasteiger partial charge in [0, 0.05) is 6.07 Å². The third-order valence-electron chi connectivity index (χ3n) is 4.02. The van der Waals surface area contributed by atoms with Crippen molar-refractivity contribution in [2.75, 3.05) is 26.9 Å². The van der Waals surface area contributed by atoms with Crippen LogP contribution in [0.3, 0.4) is 0 Å². The minimum absolute atomic E-state index is 0.456. The summed E-state index contributed by atoms with van der Waals surface area (Å²) >= 11 is 0. The molecule has 0 atom stereocenters. The van der Waals surface area contributed by atoms with E-state index in [1.165, 1.54) is 10.8 Å². The van der Waals surface area contributed by atoms with Crippen molar-refractivity contribution in [3.8, 4) is 17.2 Å². The summed E-state index contributed by atoms with van der Waals surface area (Å²) in [5, 5.41) is 2.37. The summed E-state index contributed by atoms with van der Waals surface area (Å²) < 4.78 is 17.0. The van der Waals surface area contributed by atoms with Gasteiger partial charge in [0.05, 0.1) is 7.11 Å². The summed E-state index contributed by atoms with van der Waals surface area (Å²) in [6.07, 6.45) is 0.769. The van der Waals surface area contributed by atoms with E-state index in [1.54, 1.807) is 7.11 Å². The molecule has 0 heterocycles. The summed E-state index contributed by atoms with van der Waals surface area (Å²) in [5.41, 5.74) is 6.74. The van der Waals surface area contributed by atoms with E-state index < -0.39 is 0 Å². The van der Waals surface area contributed by atoms with E-state index in [-0.39, 0.29) is 0 Å². The maximum atomic E-state index is 5.88. The van der Waals surface area contributed by atoms with Crippen LogP contribution in [0.2, 0.25) is 0 Å². The van der Waals surface area contributed by atoms with Crippen molar-refractivity contribution in [3.63, 3.8) is 0 Å². The molecule has 0 spiro atoms. The first kappa shape index (κ1) is 17.1. The molecule has 3 aromatic rings. The molecular weight excluding hydrogens is 314 g/mol. The van der Waals surface area contributed by atoms with Crippen LogP contribution in [0.5, 0.6) is 17.2 Å². The average Bonchev–Trinajstić information content (AvgIpc) is 2.66.